The SMILES string of the molecule is CNC(=O)[C@@]12C[C@@H]1[C@@H](n1cnc3c(NC4CCC4)nc(-n4cc(-c5ccc(Cl)s5)nn4)nc31)[C@H](O)[C@@H]2O. The minimum Gasteiger partial charge on any atom is -0.389 e. The predicted octanol–water partition coefficient (Wildman–Crippen LogP) is 1.78. The molecule has 0 aromatic carbocycles. The van der Waals surface area contributed by atoms with Gasteiger partial charge in [-0.3, -0.25) is 4.79 Å². The molecule has 192 valence electrons. The number of nitrogens with one attached hydrogen (secondary N) is 2. The number of carbonyl (C=O) groups excluding carboxylic acids is 1. The molecule has 3 fully saturated rings. The van der Waals surface area contributed by atoms with E-state index in [9.17, 15) is 15.0 Å². The van der Waals surface area contributed by atoms with Gasteiger partial charge in [0.05, 0.1) is 39.3 Å². The first-order valence-electron chi connectivity index (χ1n) is 12.2. The van der Waals surface area contributed by atoms with E-state index in [-0.39, 0.29) is 11.8 Å². The minimum atomic E-state index is -1.18. The van der Waals surface area contributed by atoms with Gasteiger partial charge in [-0.1, -0.05) is 16.8 Å². The summed E-state index contributed by atoms with van der Waals surface area (Å²) in [5.41, 5.74) is 0.686. The maximum Gasteiger partial charge on any atom is 0.256 e. The highest BCUT2D eigenvalue weighted by Crippen LogP contribution is 2.67. The number of anilines is 1. The summed E-state index contributed by atoms with van der Waals surface area (Å²) in [5, 5.41) is 36.5. The van der Waals surface area contributed by atoms with Gasteiger partial charge in [0.2, 0.25) is 5.91 Å². The Hall–Kier alpha value is -3.13. The Labute approximate surface area is 219 Å². The first-order chi connectivity index (χ1) is 17.9. The van der Waals surface area contributed by atoms with Crippen LogP contribution in [0.15, 0.2) is 24.7 Å². The monoisotopic (exact) mass is 541 g/mol. The number of imidazole rings is 1. The van der Waals surface area contributed by atoms with Crippen LogP contribution in [0.2, 0.25) is 4.34 Å². The third kappa shape index (κ3) is 3.34. The molecule has 37 heavy (non-hydrogen) atoms. The lowest BCUT2D eigenvalue weighted by molar-refractivity contribution is -0.132. The Kier molecular flexibility index (Phi) is 5.09. The number of carbonyl (C=O) groups is 1. The van der Waals surface area contributed by atoms with Crippen molar-refractivity contribution in [2.75, 3.05) is 12.4 Å². The summed E-state index contributed by atoms with van der Waals surface area (Å²) in [6.07, 6.45) is 4.74. The Morgan fingerprint density at radius 1 is 1.27 bits per heavy atom. The second kappa shape index (κ2) is 8.18. The van der Waals surface area contributed by atoms with Crippen LogP contribution in [-0.2, 0) is 4.79 Å². The molecule has 3 aliphatic rings. The van der Waals surface area contributed by atoms with Gasteiger partial charge in [-0.2, -0.15) is 14.6 Å². The molecule has 0 saturated heterocycles. The minimum absolute atomic E-state index is 0.238. The van der Waals surface area contributed by atoms with Crippen molar-refractivity contribution in [2.24, 2.45) is 11.3 Å². The number of hydrogen-bond donors (Lipinski definition) is 4. The van der Waals surface area contributed by atoms with Crippen LogP contribution in [-0.4, -0.2) is 75.9 Å². The van der Waals surface area contributed by atoms with Gasteiger partial charge in [0, 0.05) is 19.0 Å². The van der Waals surface area contributed by atoms with Crippen molar-refractivity contribution >= 4 is 45.8 Å². The van der Waals surface area contributed by atoms with Gasteiger partial charge in [0.25, 0.3) is 5.95 Å². The smallest absolute Gasteiger partial charge is 0.256 e. The summed E-state index contributed by atoms with van der Waals surface area (Å²) in [6, 6.07) is 3.42. The molecule has 3 saturated carbocycles. The van der Waals surface area contributed by atoms with Crippen LogP contribution < -0.4 is 10.6 Å². The van der Waals surface area contributed by atoms with Crippen molar-refractivity contribution in [3.05, 3.63) is 29.0 Å². The van der Waals surface area contributed by atoms with Gasteiger partial charge in [0.1, 0.15) is 11.8 Å². The highest BCUT2D eigenvalue weighted by Gasteiger charge is 2.75. The van der Waals surface area contributed by atoms with E-state index in [2.05, 4.69) is 25.9 Å². The molecule has 7 rings (SSSR count). The third-order valence-corrected chi connectivity index (χ3v) is 9.28. The number of aliphatic hydroxyl groups is 2. The molecule has 4 aromatic heterocycles. The molecule has 0 radical (unpaired) electrons. The molecule has 4 N–H and O–H groups in total. The van der Waals surface area contributed by atoms with Crippen LogP contribution in [0.3, 0.4) is 0 Å². The highest BCUT2D eigenvalue weighted by atomic mass is 35.5. The van der Waals surface area contributed by atoms with Gasteiger partial charge in [-0.25, -0.2) is 4.98 Å². The summed E-state index contributed by atoms with van der Waals surface area (Å²) in [5.74, 6) is 0.361. The van der Waals surface area contributed by atoms with E-state index >= 15 is 0 Å². The Morgan fingerprint density at radius 2 is 2.11 bits per heavy atom. The van der Waals surface area contributed by atoms with E-state index < -0.39 is 23.7 Å². The summed E-state index contributed by atoms with van der Waals surface area (Å²) in [4.78, 5) is 27.6. The van der Waals surface area contributed by atoms with Crippen molar-refractivity contribution in [1.29, 1.82) is 0 Å². The second-order valence-corrected chi connectivity index (χ2v) is 11.7. The van der Waals surface area contributed by atoms with E-state index in [1.165, 1.54) is 16.0 Å². The number of aliphatic hydroxyl groups excluding tert-OH is 2. The molecule has 4 aromatic rings. The quantitative estimate of drug-likeness (QED) is 0.286. The third-order valence-electron chi connectivity index (χ3n) is 8.02. The van der Waals surface area contributed by atoms with Crippen LogP contribution in [0.1, 0.15) is 31.7 Å². The van der Waals surface area contributed by atoms with Crippen LogP contribution in [0.4, 0.5) is 5.82 Å². The Balaban J connectivity index is 1.32. The maximum absolute atomic E-state index is 12.6. The zero-order chi connectivity index (χ0) is 25.5. The normalized spacial score (nSPS) is 28.8. The summed E-state index contributed by atoms with van der Waals surface area (Å²) >= 11 is 7.49. The molecule has 0 spiro atoms. The Morgan fingerprint density at radius 3 is 2.81 bits per heavy atom. The van der Waals surface area contributed by atoms with E-state index in [4.69, 9.17) is 21.6 Å². The molecule has 0 bridgehead atoms. The maximum atomic E-state index is 12.6. The lowest BCUT2D eigenvalue weighted by Gasteiger charge is -2.27. The molecule has 1 amide bonds. The molecule has 0 aliphatic heterocycles. The lowest BCUT2D eigenvalue weighted by Crippen LogP contribution is -2.41. The molecule has 12 nitrogen and oxygen atoms in total. The average molecular weight is 542 g/mol. The number of nitrogens with zero attached hydrogens (tertiary/aromatic N) is 7. The molecule has 5 atom stereocenters. The van der Waals surface area contributed by atoms with Crippen LogP contribution in [0.5, 0.6) is 0 Å². The number of hydrogen-bond acceptors (Lipinski definition) is 10. The fourth-order valence-electron chi connectivity index (χ4n) is 5.79. The van der Waals surface area contributed by atoms with Gasteiger partial charge >= 0.3 is 0 Å². The molecule has 14 heteroatoms. The topological polar surface area (TPSA) is 156 Å². The number of aromatic nitrogens is 7. The predicted molar refractivity (Wildman–Crippen MR) is 135 cm³/mol. The number of rotatable bonds is 6. The average Bonchev–Trinajstić information content (AvgIpc) is 3.28. The van der Waals surface area contributed by atoms with E-state index in [0.29, 0.717) is 45.4 Å². The lowest BCUT2D eigenvalue weighted by atomic mass is 9.93. The molecular weight excluding hydrogens is 518 g/mol. The van der Waals surface area contributed by atoms with Gasteiger partial charge in [-0.15, -0.1) is 16.4 Å². The van der Waals surface area contributed by atoms with E-state index in [0.717, 1.165) is 24.1 Å². The first-order valence-corrected chi connectivity index (χ1v) is 13.4. The summed E-state index contributed by atoms with van der Waals surface area (Å²) < 4.78 is 3.92. The number of thiophene rings is 1. The molecular formula is C23H24ClN9O3S. The highest BCUT2D eigenvalue weighted by molar-refractivity contribution is 7.19. The second-order valence-electron chi connectivity index (χ2n) is 9.98. The van der Waals surface area contributed by atoms with E-state index in [1.807, 2.05) is 6.07 Å². The van der Waals surface area contributed by atoms with E-state index in [1.54, 1.807) is 30.2 Å². The number of halogens is 1. The Bertz CT molecular complexity index is 1530. The molecule has 4 heterocycles. The van der Waals surface area contributed by atoms with Crippen molar-refractivity contribution < 1.29 is 15.0 Å². The van der Waals surface area contributed by atoms with Gasteiger partial charge in [-0.05, 0) is 37.8 Å². The van der Waals surface area contributed by atoms with Crippen molar-refractivity contribution in [1.82, 2.24) is 39.8 Å². The fourth-order valence-corrected chi connectivity index (χ4v) is 6.78. The fraction of sp³-hybridized carbons (Fsp3) is 0.478. The number of fused-ring (bicyclic) bond motifs is 2. The van der Waals surface area contributed by atoms with Crippen LogP contribution >= 0.6 is 22.9 Å². The van der Waals surface area contributed by atoms with Crippen molar-refractivity contribution in [2.45, 2.75) is 50.0 Å². The zero-order valence-electron chi connectivity index (χ0n) is 19.7. The van der Waals surface area contributed by atoms with Gasteiger partial charge < -0.3 is 25.4 Å². The first kappa shape index (κ1) is 23.0. The summed E-state index contributed by atoms with van der Waals surface area (Å²) in [6.45, 7) is 0. The van der Waals surface area contributed by atoms with Crippen LogP contribution in [0, 0.1) is 11.3 Å². The standard InChI is InChI=1S/C23H24ClN9O3S/c1-25-21(36)23-7-11(23)16(17(34)18(23)35)32-9-26-15-19(27-10-3-2-4-10)28-22(29-20(15)32)33-8-12(30-31-33)13-5-6-14(24)37-13/h5-6,8-11,16-18,34-35H,2-4,7H2,1H3,(H,25,36)(H,27,28,29)/t11-,16-,17+,18+,23+/m1/s1. The van der Waals surface area contributed by atoms with Crippen molar-refractivity contribution in [3.8, 4) is 16.5 Å². The largest absolute Gasteiger partial charge is 0.389 e. The van der Waals surface area contributed by atoms with Crippen LogP contribution in [0.25, 0.3) is 27.7 Å². The molecule has 3 aliphatic carbocycles. The molecule has 0 unspecified atom stereocenters. The zero-order valence-corrected chi connectivity index (χ0v) is 21.3. The van der Waals surface area contributed by atoms with Crippen molar-refractivity contribution in [3.63, 3.8) is 0 Å². The number of amides is 1. The summed E-state index contributed by atoms with van der Waals surface area (Å²) in [7, 11) is 1.54. The van der Waals surface area contributed by atoms with Gasteiger partial charge in [0.15, 0.2) is 17.0 Å².